The number of alkyl halides is 2. The molecule has 0 spiro atoms. The summed E-state index contributed by atoms with van der Waals surface area (Å²) in [4.78, 5) is 6.60. The number of nitrogens with zero attached hydrogens (tertiary/aromatic N) is 2. The third-order valence-corrected chi connectivity index (χ3v) is 4.79. The summed E-state index contributed by atoms with van der Waals surface area (Å²) in [5.41, 5.74) is 0.479. The second-order valence-electron chi connectivity index (χ2n) is 7.25. The second kappa shape index (κ2) is 11.2. The standard InChI is InChI=1S/C20H32F2N4O3/c1-5-28-16-8-6-7-15(17(16)29-18(21)22)13-24-19(23-4)25-14-20(2,3)26-9-11-27-12-10-26/h6-8,18H,5,9-14H2,1-4H3,(H2,23,24,25). The second-order valence-corrected chi connectivity index (χ2v) is 7.25. The van der Waals surface area contributed by atoms with Crippen molar-refractivity contribution in [2.75, 3.05) is 46.5 Å². The van der Waals surface area contributed by atoms with Crippen molar-refractivity contribution in [3.05, 3.63) is 23.8 Å². The van der Waals surface area contributed by atoms with Gasteiger partial charge in [0, 0.05) is 44.3 Å². The van der Waals surface area contributed by atoms with Crippen molar-refractivity contribution in [2.45, 2.75) is 39.5 Å². The summed E-state index contributed by atoms with van der Waals surface area (Å²) in [7, 11) is 1.67. The zero-order valence-electron chi connectivity index (χ0n) is 17.6. The van der Waals surface area contributed by atoms with E-state index in [1.807, 2.05) is 0 Å². The van der Waals surface area contributed by atoms with Crippen LogP contribution in [0.25, 0.3) is 0 Å². The Labute approximate surface area is 171 Å². The van der Waals surface area contributed by atoms with Crippen molar-refractivity contribution in [3.63, 3.8) is 0 Å². The largest absolute Gasteiger partial charge is 0.490 e. The van der Waals surface area contributed by atoms with E-state index < -0.39 is 6.61 Å². The molecule has 164 valence electrons. The minimum Gasteiger partial charge on any atom is -0.490 e. The average Bonchev–Trinajstić information content (AvgIpc) is 2.70. The highest BCUT2D eigenvalue weighted by Crippen LogP contribution is 2.32. The molecule has 7 nitrogen and oxygen atoms in total. The topological polar surface area (TPSA) is 67.4 Å². The van der Waals surface area contributed by atoms with E-state index in [1.165, 1.54) is 0 Å². The van der Waals surface area contributed by atoms with Gasteiger partial charge in [0.15, 0.2) is 17.5 Å². The molecule has 29 heavy (non-hydrogen) atoms. The molecule has 0 unspecified atom stereocenters. The maximum atomic E-state index is 12.9. The molecule has 1 fully saturated rings. The molecular formula is C20H32F2N4O3. The van der Waals surface area contributed by atoms with Gasteiger partial charge in [-0.2, -0.15) is 8.78 Å². The summed E-state index contributed by atoms with van der Waals surface area (Å²) in [5, 5.41) is 6.47. The fourth-order valence-corrected chi connectivity index (χ4v) is 3.17. The van der Waals surface area contributed by atoms with Gasteiger partial charge < -0.3 is 24.8 Å². The van der Waals surface area contributed by atoms with Gasteiger partial charge in [-0.25, -0.2) is 0 Å². The van der Waals surface area contributed by atoms with Crippen LogP contribution in [0.2, 0.25) is 0 Å². The van der Waals surface area contributed by atoms with E-state index in [4.69, 9.17) is 14.2 Å². The lowest BCUT2D eigenvalue weighted by Gasteiger charge is -2.41. The number of ether oxygens (including phenoxy) is 3. The van der Waals surface area contributed by atoms with Gasteiger partial charge >= 0.3 is 6.61 Å². The third-order valence-electron chi connectivity index (χ3n) is 4.79. The van der Waals surface area contributed by atoms with Crippen LogP contribution in [0.15, 0.2) is 23.2 Å². The first-order chi connectivity index (χ1) is 13.9. The molecular weight excluding hydrogens is 382 g/mol. The lowest BCUT2D eigenvalue weighted by molar-refractivity contribution is -0.0520. The van der Waals surface area contributed by atoms with E-state index in [-0.39, 0.29) is 17.8 Å². The van der Waals surface area contributed by atoms with E-state index in [0.717, 1.165) is 26.3 Å². The highest BCUT2D eigenvalue weighted by Gasteiger charge is 2.28. The van der Waals surface area contributed by atoms with E-state index in [9.17, 15) is 8.78 Å². The van der Waals surface area contributed by atoms with Crippen LogP contribution < -0.4 is 20.1 Å². The number of rotatable bonds is 9. The Bertz CT molecular complexity index is 665. The molecule has 1 aliphatic rings. The molecule has 2 rings (SSSR count). The van der Waals surface area contributed by atoms with Crippen molar-refractivity contribution in [1.29, 1.82) is 0 Å². The van der Waals surface area contributed by atoms with E-state index in [1.54, 1.807) is 32.2 Å². The molecule has 2 N–H and O–H groups in total. The maximum absolute atomic E-state index is 12.9. The van der Waals surface area contributed by atoms with E-state index >= 15 is 0 Å². The first-order valence-electron chi connectivity index (χ1n) is 9.84. The lowest BCUT2D eigenvalue weighted by Crippen LogP contribution is -2.56. The predicted octanol–water partition coefficient (Wildman–Crippen LogP) is 2.46. The molecule has 1 heterocycles. The molecule has 0 atom stereocenters. The number of morpholine rings is 1. The molecule has 0 amide bonds. The van der Waals surface area contributed by atoms with Gasteiger partial charge in [-0.3, -0.25) is 9.89 Å². The Morgan fingerprint density at radius 3 is 2.62 bits per heavy atom. The van der Waals surface area contributed by atoms with Gasteiger partial charge in [0.05, 0.1) is 19.8 Å². The van der Waals surface area contributed by atoms with Crippen LogP contribution in [0.1, 0.15) is 26.3 Å². The van der Waals surface area contributed by atoms with Crippen LogP contribution in [0.5, 0.6) is 11.5 Å². The zero-order valence-corrected chi connectivity index (χ0v) is 17.6. The molecule has 0 radical (unpaired) electrons. The first-order valence-corrected chi connectivity index (χ1v) is 9.84. The first kappa shape index (κ1) is 23.2. The number of hydrogen-bond acceptors (Lipinski definition) is 5. The van der Waals surface area contributed by atoms with E-state index in [2.05, 4.69) is 34.4 Å². The summed E-state index contributed by atoms with van der Waals surface area (Å²) in [6.45, 7) is 7.74. The van der Waals surface area contributed by atoms with Crippen LogP contribution >= 0.6 is 0 Å². The number of hydrogen-bond donors (Lipinski definition) is 2. The molecule has 0 saturated carbocycles. The average molecular weight is 414 g/mol. The molecule has 9 heteroatoms. The summed E-state index contributed by atoms with van der Waals surface area (Å²) >= 11 is 0. The molecule has 1 aromatic carbocycles. The summed E-state index contributed by atoms with van der Waals surface area (Å²) < 4.78 is 41.3. The van der Waals surface area contributed by atoms with Crippen LogP contribution in [0.3, 0.4) is 0 Å². The SMILES string of the molecule is CCOc1cccc(CNC(=NC)NCC(C)(C)N2CCOCC2)c1OC(F)F. The van der Waals surface area contributed by atoms with Gasteiger partial charge in [-0.1, -0.05) is 12.1 Å². The fraction of sp³-hybridized carbons (Fsp3) is 0.650. The number of guanidine groups is 1. The quantitative estimate of drug-likeness (QED) is 0.478. The summed E-state index contributed by atoms with van der Waals surface area (Å²) in [5.74, 6) is 0.917. The Morgan fingerprint density at radius 2 is 2.00 bits per heavy atom. The van der Waals surface area contributed by atoms with Crippen LogP contribution in [0.4, 0.5) is 8.78 Å². The van der Waals surface area contributed by atoms with Crippen LogP contribution in [0, 0.1) is 0 Å². The molecule has 1 saturated heterocycles. The maximum Gasteiger partial charge on any atom is 0.387 e. The van der Waals surface area contributed by atoms with Gasteiger partial charge in [0.1, 0.15) is 0 Å². The Hall–Kier alpha value is -2.13. The number of aliphatic imine (C=N–C) groups is 1. The summed E-state index contributed by atoms with van der Waals surface area (Å²) in [6, 6.07) is 5.08. The van der Waals surface area contributed by atoms with Crippen LogP contribution in [-0.4, -0.2) is 69.5 Å². The molecule has 0 aliphatic carbocycles. The zero-order chi connectivity index (χ0) is 21.3. The van der Waals surface area contributed by atoms with Gasteiger partial charge in [-0.15, -0.1) is 0 Å². The van der Waals surface area contributed by atoms with Crippen molar-refractivity contribution in [1.82, 2.24) is 15.5 Å². The lowest BCUT2D eigenvalue weighted by atomic mass is 10.0. The van der Waals surface area contributed by atoms with Crippen molar-refractivity contribution in [2.24, 2.45) is 4.99 Å². The highest BCUT2D eigenvalue weighted by molar-refractivity contribution is 5.79. The fourth-order valence-electron chi connectivity index (χ4n) is 3.17. The molecule has 0 aromatic heterocycles. The monoisotopic (exact) mass is 414 g/mol. The van der Waals surface area contributed by atoms with Gasteiger partial charge in [0.25, 0.3) is 0 Å². The number of para-hydroxylation sites is 1. The van der Waals surface area contributed by atoms with Crippen molar-refractivity contribution >= 4 is 5.96 Å². The minimum absolute atomic E-state index is 0.0425. The minimum atomic E-state index is -2.93. The molecule has 1 aromatic rings. The Morgan fingerprint density at radius 1 is 1.28 bits per heavy atom. The predicted molar refractivity (Wildman–Crippen MR) is 109 cm³/mol. The van der Waals surface area contributed by atoms with Crippen LogP contribution in [-0.2, 0) is 11.3 Å². The summed E-state index contributed by atoms with van der Waals surface area (Å²) in [6.07, 6.45) is 0. The van der Waals surface area contributed by atoms with Gasteiger partial charge in [0.2, 0.25) is 0 Å². The smallest absolute Gasteiger partial charge is 0.387 e. The van der Waals surface area contributed by atoms with Crippen molar-refractivity contribution in [3.8, 4) is 11.5 Å². The number of nitrogens with one attached hydrogen (secondary N) is 2. The Kier molecular flexibility index (Phi) is 8.91. The van der Waals surface area contributed by atoms with Crippen molar-refractivity contribution < 1.29 is 23.0 Å². The number of halogens is 2. The third kappa shape index (κ3) is 7.01. The highest BCUT2D eigenvalue weighted by atomic mass is 19.3. The van der Waals surface area contributed by atoms with E-state index in [0.29, 0.717) is 30.4 Å². The normalized spacial score (nSPS) is 16.0. The number of benzene rings is 1. The van der Waals surface area contributed by atoms with Gasteiger partial charge in [-0.05, 0) is 26.8 Å². The Balaban J connectivity index is 1.99. The molecule has 0 bridgehead atoms. The molecule has 1 aliphatic heterocycles.